The van der Waals surface area contributed by atoms with Crippen LogP contribution in [0.2, 0.25) is 0 Å². The summed E-state index contributed by atoms with van der Waals surface area (Å²) in [6.45, 7) is 1.62. The Labute approximate surface area is 123 Å². The predicted molar refractivity (Wildman–Crippen MR) is 75.2 cm³/mol. The van der Waals surface area contributed by atoms with E-state index in [2.05, 4.69) is 0 Å². The largest absolute Gasteiger partial charge is 0.490 e. The number of methoxy groups -OCH3 is 2. The van der Waals surface area contributed by atoms with Crippen molar-refractivity contribution in [1.29, 1.82) is 0 Å². The lowest BCUT2D eigenvalue weighted by Gasteiger charge is -2.09. The van der Waals surface area contributed by atoms with Crippen LogP contribution >= 0.6 is 0 Å². The number of carbonyl (C=O) groups is 1. The van der Waals surface area contributed by atoms with Gasteiger partial charge in [0.05, 0.1) is 18.8 Å². The first-order valence-electron chi connectivity index (χ1n) is 6.76. The lowest BCUT2D eigenvalue weighted by Crippen LogP contribution is -2.09. The highest BCUT2D eigenvalue weighted by molar-refractivity contribution is 5.89. The van der Waals surface area contributed by atoms with Gasteiger partial charge in [-0.25, -0.2) is 9.18 Å². The van der Waals surface area contributed by atoms with Crippen molar-refractivity contribution < 1.29 is 28.1 Å². The molecule has 1 aromatic rings. The summed E-state index contributed by atoms with van der Waals surface area (Å²) in [5.41, 5.74) is 0.260. The average Bonchev–Trinajstić information content (AvgIpc) is 2.49. The molecule has 0 aliphatic rings. The molecule has 5 nitrogen and oxygen atoms in total. The summed E-state index contributed by atoms with van der Waals surface area (Å²) in [6.07, 6.45) is 1.26. The van der Waals surface area contributed by atoms with E-state index < -0.39 is 11.8 Å². The molecule has 0 radical (unpaired) electrons. The molecule has 0 N–H and O–H groups in total. The normalized spacial score (nSPS) is 10.4. The van der Waals surface area contributed by atoms with Crippen LogP contribution in [0.4, 0.5) is 4.39 Å². The van der Waals surface area contributed by atoms with E-state index >= 15 is 0 Å². The molecule has 118 valence electrons. The summed E-state index contributed by atoms with van der Waals surface area (Å²) in [5, 5.41) is 0. The van der Waals surface area contributed by atoms with Crippen LogP contribution in [0.5, 0.6) is 5.75 Å². The Kier molecular flexibility index (Phi) is 8.38. The summed E-state index contributed by atoms with van der Waals surface area (Å²) in [7, 11) is 3.16. The smallest absolute Gasteiger partial charge is 0.338 e. The number of hydrogen-bond acceptors (Lipinski definition) is 5. The Hall–Kier alpha value is -1.66. The maximum atomic E-state index is 13.6. The third-order valence-electron chi connectivity index (χ3n) is 2.64. The summed E-state index contributed by atoms with van der Waals surface area (Å²) in [6, 6.07) is 3.91. The van der Waals surface area contributed by atoms with Crippen molar-refractivity contribution in [2.24, 2.45) is 0 Å². The Morgan fingerprint density at radius 2 is 1.71 bits per heavy atom. The van der Waals surface area contributed by atoms with Crippen LogP contribution in [-0.2, 0) is 14.2 Å². The van der Waals surface area contributed by atoms with Gasteiger partial charge in [0.1, 0.15) is 0 Å². The van der Waals surface area contributed by atoms with Gasteiger partial charge >= 0.3 is 5.97 Å². The highest BCUT2D eigenvalue weighted by Gasteiger charge is 2.12. The second-order valence-corrected chi connectivity index (χ2v) is 4.32. The molecule has 21 heavy (non-hydrogen) atoms. The third-order valence-corrected chi connectivity index (χ3v) is 2.64. The number of hydrogen-bond donors (Lipinski definition) is 0. The molecule has 0 aliphatic heterocycles. The zero-order valence-electron chi connectivity index (χ0n) is 12.4. The summed E-state index contributed by atoms with van der Waals surface area (Å²) in [4.78, 5) is 11.8. The molecule has 0 amide bonds. The van der Waals surface area contributed by atoms with Gasteiger partial charge in [0.25, 0.3) is 0 Å². The second-order valence-electron chi connectivity index (χ2n) is 4.32. The molecule has 0 aromatic heterocycles. The minimum absolute atomic E-state index is 0.0393. The summed E-state index contributed by atoms with van der Waals surface area (Å²) in [5.74, 6) is -0.978. The van der Waals surface area contributed by atoms with E-state index in [9.17, 15) is 9.18 Å². The molecule has 0 aliphatic carbocycles. The lowest BCUT2D eigenvalue weighted by molar-refractivity contribution is 0.0467. The van der Waals surface area contributed by atoms with E-state index in [0.717, 1.165) is 0 Å². The Morgan fingerprint density at radius 3 is 2.38 bits per heavy atom. The van der Waals surface area contributed by atoms with Crippen LogP contribution in [0.15, 0.2) is 18.2 Å². The molecule has 0 heterocycles. The highest BCUT2D eigenvalue weighted by atomic mass is 19.1. The number of halogens is 1. The van der Waals surface area contributed by atoms with E-state index in [0.29, 0.717) is 32.7 Å². The van der Waals surface area contributed by atoms with Gasteiger partial charge < -0.3 is 18.9 Å². The molecule has 0 atom stereocenters. The molecule has 1 aromatic carbocycles. The van der Waals surface area contributed by atoms with Crippen molar-refractivity contribution in [3.8, 4) is 5.75 Å². The fourth-order valence-electron chi connectivity index (χ4n) is 1.58. The molecule has 0 unspecified atom stereocenters. The van der Waals surface area contributed by atoms with E-state index in [1.807, 2.05) is 0 Å². The number of esters is 1. The van der Waals surface area contributed by atoms with Crippen LogP contribution < -0.4 is 4.74 Å². The quantitative estimate of drug-likeness (QED) is 0.491. The first-order valence-corrected chi connectivity index (χ1v) is 6.76. The van der Waals surface area contributed by atoms with Crippen molar-refractivity contribution in [2.45, 2.75) is 12.8 Å². The number of rotatable bonds is 10. The molecular formula is C15H21FO5. The first kappa shape index (κ1) is 17.4. The topological polar surface area (TPSA) is 54.0 Å². The van der Waals surface area contributed by atoms with Crippen molar-refractivity contribution in [3.63, 3.8) is 0 Å². The lowest BCUT2D eigenvalue weighted by atomic mass is 10.2. The Morgan fingerprint density at radius 1 is 1.05 bits per heavy atom. The monoisotopic (exact) mass is 300 g/mol. The average molecular weight is 300 g/mol. The van der Waals surface area contributed by atoms with Gasteiger partial charge in [-0.3, -0.25) is 0 Å². The van der Waals surface area contributed by atoms with Crippen molar-refractivity contribution in [3.05, 3.63) is 29.6 Å². The Bertz CT molecular complexity index is 436. The van der Waals surface area contributed by atoms with Gasteiger partial charge in [-0.15, -0.1) is 0 Å². The second kappa shape index (κ2) is 10.1. The molecule has 0 spiro atoms. The van der Waals surface area contributed by atoms with Crippen LogP contribution in [-0.4, -0.2) is 46.6 Å². The molecule has 0 bridgehead atoms. The Balaban J connectivity index is 2.52. The fraction of sp³-hybridized carbons (Fsp3) is 0.533. The standard InChI is InChI=1S/C15H21FO5/c1-18-7-3-9-20-14-11-12(5-6-13(14)16)15(17)21-10-4-8-19-2/h5-6,11H,3-4,7-10H2,1-2H3. The molecule has 6 heteroatoms. The molecule has 0 saturated heterocycles. The van der Waals surface area contributed by atoms with Crippen molar-refractivity contribution in [2.75, 3.05) is 40.6 Å². The summed E-state index contributed by atoms with van der Waals surface area (Å²) >= 11 is 0. The van der Waals surface area contributed by atoms with Gasteiger partial charge in [-0.05, 0) is 18.2 Å². The van der Waals surface area contributed by atoms with Gasteiger partial charge in [-0.1, -0.05) is 0 Å². The van der Waals surface area contributed by atoms with E-state index in [4.69, 9.17) is 18.9 Å². The SMILES string of the molecule is COCCCOC(=O)c1ccc(F)c(OCCCOC)c1. The minimum Gasteiger partial charge on any atom is -0.490 e. The molecule has 0 fully saturated rings. The van der Waals surface area contributed by atoms with E-state index in [-0.39, 0.29) is 17.9 Å². The van der Waals surface area contributed by atoms with Crippen LogP contribution in [0.25, 0.3) is 0 Å². The molecule has 1 rings (SSSR count). The maximum absolute atomic E-state index is 13.6. The maximum Gasteiger partial charge on any atom is 0.338 e. The van der Waals surface area contributed by atoms with Crippen molar-refractivity contribution in [1.82, 2.24) is 0 Å². The summed E-state index contributed by atoms with van der Waals surface area (Å²) < 4.78 is 33.6. The van der Waals surface area contributed by atoms with E-state index in [1.54, 1.807) is 14.2 Å². The van der Waals surface area contributed by atoms with Crippen LogP contribution in [0, 0.1) is 5.82 Å². The predicted octanol–water partition coefficient (Wildman–Crippen LogP) is 2.43. The zero-order valence-corrected chi connectivity index (χ0v) is 12.4. The fourth-order valence-corrected chi connectivity index (χ4v) is 1.58. The number of carbonyl (C=O) groups excluding carboxylic acids is 1. The third kappa shape index (κ3) is 6.55. The minimum atomic E-state index is -0.511. The number of benzene rings is 1. The van der Waals surface area contributed by atoms with Crippen molar-refractivity contribution >= 4 is 5.97 Å². The molecule has 0 saturated carbocycles. The van der Waals surface area contributed by atoms with Gasteiger partial charge in [0.2, 0.25) is 0 Å². The van der Waals surface area contributed by atoms with Gasteiger partial charge in [0, 0.05) is 40.3 Å². The van der Waals surface area contributed by atoms with Crippen LogP contribution in [0.3, 0.4) is 0 Å². The van der Waals surface area contributed by atoms with Gasteiger partial charge in [0.15, 0.2) is 11.6 Å². The van der Waals surface area contributed by atoms with Gasteiger partial charge in [-0.2, -0.15) is 0 Å². The zero-order chi connectivity index (χ0) is 15.5. The van der Waals surface area contributed by atoms with E-state index in [1.165, 1.54) is 18.2 Å². The molecular weight excluding hydrogens is 279 g/mol. The van der Waals surface area contributed by atoms with Crippen LogP contribution in [0.1, 0.15) is 23.2 Å². The number of ether oxygens (including phenoxy) is 4. The first-order chi connectivity index (χ1) is 10.2. The highest BCUT2D eigenvalue weighted by Crippen LogP contribution is 2.19.